The Morgan fingerprint density at radius 3 is 2.00 bits per heavy atom. The second-order valence-corrected chi connectivity index (χ2v) is 3.83. The maximum absolute atomic E-state index is 11.3. The van der Waals surface area contributed by atoms with E-state index in [1.807, 2.05) is 0 Å². The molecule has 0 unspecified atom stereocenters. The maximum atomic E-state index is 11.3. The Kier molecular flexibility index (Phi) is 2.42. The topological polar surface area (TPSA) is 63.7 Å². The summed E-state index contributed by atoms with van der Waals surface area (Å²) in [6, 6.07) is 0. The van der Waals surface area contributed by atoms with Crippen molar-refractivity contribution < 1.29 is 19.1 Å². The number of carbonyl (C=O) groups is 3. The molecule has 0 bridgehead atoms. The molecule has 14 heavy (non-hydrogen) atoms. The molecule has 0 saturated heterocycles. The van der Waals surface area contributed by atoms with Crippen LogP contribution < -0.4 is 0 Å². The Bertz CT molecular complexity index is 306. The number of carbonyl (C=O) groups excluding carboxylic acids is 3. The Labute approximate surface area is 81.3 Å². The van der Waals surface area contributed by atoms with Crippen LogP contribution >= 0.6 is 0 Å². The van der Waals surface area contributed by atoms with Crippen LogP contribution in [0.4, 0.5) is 4.79 Å². The zero-order valence-corrected chi connectivity index (χ0v) is 8.23. The van der Waals surface area contributed by atoms with E-state index in [9.17, 15) is 14.4 Å². The van der Waals surface area contributed by atoms with Gasteiger partial charge in [0.25, 0.3) is 11.8 Å². The molecule has 0 spiro atoms. The lowest BCUT2D eigenvalue weighted by Crippen LogP contribution is -2.40. The Hall–Kier alpha value is -1.65. The Morgan fingerprint density at radius 2 is 1.64 bits per heavy atom. The van der Waals surface area contributed by atoms with Gasteiger partial charge >= 0.3 is 6.09 Å². The van der Waals surface area contributed by atoms with Crippen LogP contribution in [0.1, 0.15) is 20.8 Å². The van der Waals surface area contributed by atoms with Crippen molar-refractivity contribution in [2.24, 2.45) is 0 Å². The van der Waals surface area contributed by atoms with Gasteiger partial charge in [0.2, 0.25) is 0 Å². The van der Waals surface area contributed by atoms with Crippen molar-refractivity contribution in [3.63, 3.8) is 0 Å². The third-order valence-corrected chi connectivity index (χ3v) is 1.39. The summed E-state index contributed by atoms with van der Waals surface area (Å²) in [5.74, 6) is -1.33. The molecule has 0 N–H and O–H groups in total. The van der Waals surface area contributed by atoms with E-state index >= 15 is 0 Å². The standard InChI is InChI=1S/C9H11NO4/c1-9(2,3)14-8(13)10-6(11)4-5-7(10)12/h4-5H,1-3H3. The fraction of sp³-hybridized carbons (Fsp3) is 0.444. The molecule has 0 aromatic heterocycles. The Balaban J connectivity index is 2.72. The molecular formula is C9H11NO4. The van der Waals surface area contributed by atoms with Crippen molar-refractivity contribution in [3.8, 4) is 0 Å². The van der Waals surface area contributed by atoms with Crippen molar-refractivity contribution >= 4 is 17.9 Å². The predicted molar refractivity (Wildman–Crippen MR) is 47.2 cm³/mol. The largest absolute Gasteiger partial charge is 0.443 e. The van der Waals surface area contributed by atoms with Crippen LogP contribution in [0.2, 0.25) is 0 Å². The molecule has 0 aromatic carbocycles. The summed E-state index contributed by atoms with van der Waals surface area (Å²) >= 11 is 0. The fourth-order valence-electron chi connectivity index (χ4n) is 0.888. The highest BCUT2D eigenvalue weighted by Gasteiger charge is 2.33. The molecule has 0 radical (unpaired) electrons. The highest BCUT2D eigenvalue weighted by molar-refractivity contribution is 6.21. The zero-order valence-electron chi connectivity index (χ0n) is 8.23. The minimum Gasteiger partial charge on any atom is -0.443 e. The van der Waals surface area contributed by atoms with Gasteiger partial charge in [-0.2, -0.15) is 4.90 Å². The fourth-order valence-corrected chi connectivity index (χ4v) is 0.888. The molecule has 0 aromatic rings. The van der Waals surface area contributed by atoms with Gasteiger partial charge in [-0.1, -0.05) is 0 Å². The smallest absolute Gasteiger partial charge is 0.424 e. The quantitative estimate of drug-likeness (QED) is 0.540. The molecule has 1 rings (SSSR count). The summed E-state index contributed by atoms with van der Waals surface area (Å²) in [7, 11) is 0. The molecule has 1 aliphatic rings. The van der Waals surface area contributed by atoms with Gasteiger partial charge in [-0.15, -0.1) is 0 Å². The van der Waals surface area contributed by atoms with Gasteiger partial charge < -0.3 is 4.74 Å². The van der Waals surface area contributed by atoms with E-state index in [4.69, 9.17) is 4.74 Å². The highest BCUT2D eigenvalue weighted by Crippen LogP contribution is 2.12. The van der Waals surface area contributed by atoms with Crippen molar-refractivity contribution in [2.75, 3.05) is 0 Å². The van der Waals surface area contributed by atoms with Crippen LogP contribution in [-0.2, 0) is 14.3 Å². The minimum absolute atomic E-state index is 0.464. The lowest BCUT2D eigenvalue weighted by molar-refractivity contribution is -0.135. The van der Waals surface area contributed by atoms with Gasteiger partial charge in [-0.3, -0.25) is 9.59 Å². The summed E-state index contributed by atoms with van der Waals surface area (Å²) < 4.78 is 4.87. The molecule has 0 fully saturated rings. The highest BCUT2D eigenvalue weighted by atomic mass is 16.6. The second kappa shape index (κ2) is 3.25. The average Bonchev–Trinajstić information content (AvgIpc) is 2.27. The SMILES string of the molecule is CC(C)(C)OC(=O)N1C(=O)C=CC1=O. The summed E-state index contributed by atoms with van der Waals surface area (Å²) in [6.45, 7) is 4.97. The van der Waals surface area contributed by atoms with Crippen LogP contribution in [0.5, 0.6) is 0 Å². The van der Waals surface area contributed by atoms with Gasteiger partial charge in [-0.05, 0) is 20.8 Å². The van der Waals surface area contributed by atoms with Crippen LogP contribution in [0.15, 0.2) is 12.2 Å². The number of amides is 3. The number of imide groups is 3. The third kappa shape index (κ3) is 2.18. The summed E-state index contributed by atoms with van der Waals surface area (Å²) in [4.78, 5) is 33.8. The van der Waals surface area contributed by atoms with Gasteiger partial charge in [0.1, 0.15) is 5.60 Å². The summed E-state index contributed by atoms with van der Waals surface area (Å²) in [6.07, 6.45) is 1.14. The van der Waals surface area contributed by atoms with Crippen molar-refractivity contribution in [2.45, 2.75) is 26.4 Å². The van der Waals surface area contributed by atoms with Gasteiger partial charge in [0, 0.05) is 12.2 Å². The molecule has 5 heteroatoms. The predicted octanol–water partition coefficient (Wildman–Crippen LogP) is 0.847. The van der Waals surface area contributed by atoms with E-state index in [1.165, 1.54) is 0 Å². The molecular weight excluding hydrogens is 186 g/mol. The average molecular weight is 197 g/mol. The van der Waals surface area contributed by atoms with Crippen molar-refractivity contribution in [1.82, 2.24) is 4.90 Å². The number of hydrogen-bond acceptors (Lipinski definition) is 4. The van der Waals surface area contributed by atoms with Gasteiger partial charge in [0.05, 0.1) is 0 Å². The summed E-state index contributed by atoms with van der Waals surface area (Å²) in [5, 5.41) is 0. The summed E-state index contributed by atoms with van der Waals surface area (Å²) in [5.41, 5.74) is -0.722. The first-order valence-corrected chi connectivity index (χ1v) is 4.10. The van der Waals surface area contributed by atoms with E-state index < -0.39 is 23.5 Å². The first kappa shape index (κ1) is 10.4. The number of hydrogen-bond donors (Lipinski definition) is 0. The van der Waals surface area contributed by atoms with Crippen LogP contribution in [0.25, 0.3) is 0 Å². The lowest BCUT2D eigenvalue weighted by atomic mass is 10.2. The molecule has 0 saturated carbocycles. The molecule has 3 amide bonds. The lowest BCUT2D eigenvalue weighted by Gasteiger charge is -2.22. The van der Waals surface area contributed by atoms with Gasteiger partial charge in [-0.25, -0.2) is 4.79 Å². The van der Waals surface area contributed by atoms with Crippen LogP contribution in [0, 0.1) is 0 Å². The first-order valence-electron chi connectivity index (χ1n) is 4.10. The number of rotatable bonds is 0. The van der Waals surface area contributed by atoms with E-state index in [0.717, 1.165) is 12.2 Å². The normalized spacial score (nSPS) is 16.4. The van der Waals surface area contributed by atoms with Crippen LogP contribution in [0.3, 0.4) is 0 Å². The molecule has 0 aliphatic carbocycles. The molecule has 1 heterocycles. The molecule has 5 nitrogen and oxygen atoms in total. The number of nitrogens with zero attached hydrogens (tertiary/aromatic N) is 1. The minimum atomic E-state index is -0.933. The second-order valence-electron chi connectivity index (χ2n) is 3.83. The monoisotopic (exact) mass is 197 g/mol. The molecule has 0 atom stereocenters. The van der Waals surface area contributed by atoms with Crippen molar-refractivity contribution in [3.05, 3.63) is 12.2 Å². The zero-order chi connectivity index (χ0) is 10.9. The first-order chi connectivity index (χ1) is 6.31. The third-order valence-electron chi connectivity index (χ3n) is 1.39. The van der Waals surface area contributed by atoms with E-state index in [1.54, 1.807) is 20.8 Å². The van der Waals surface area contributed by atoms with E-state index in [0.29, 0.717) is 4.90 Å². The number of ether oxygens (including phenoxy) is 1. The molecule has 1 aliphatic heterocycles. The van der Waals surface area contributed by atoms with E-state index in [-0.39, 0.29) is 0 Å². The Morgan fingerprint density at radius 1 is 1.21 bits per heavy atom. The van der Waals surface area contributed by atoms with Crippen LogP contribution in [-0.4, -0.2) is 28.4 Å². The molecule has 76 valence electrons. The van der Waals surface area contributed by atoms with E-state index in [2.05, 4.69) is 0 Å². The van der Waals surface area contributed by atoms with Gasteiger partial charge in [0.15, 0.2) is 0 Å². The van der Waals surface area contributed by atoms with Crippen molar-refractivity contribution in [1.29, 1.82) is 0 Å². The maximum Gasteiger partial charge on any atom is 0.424 e.